The summed E-state index contributed by atoms with van der Waals surface area (Å²) in [5, 5.41) is 26.6. The van der Waals surface area contributed by atoms with Crippen LogP contribution in [0.4, 0.5) is 17.6 Å². The molecule has 2 aliphatic heterocycles. The average Bonchev–Trinajstić information content (AvgIpc) is 3.59. The molecule has 3 heterocycles. The highest BCUT2D eigenvalue weighted by molar-refractivity contribution is 5.48. The third-order valence-electron chi connectivity index (χ3n) is 9.43. The van der Waals surface area contributed by atoms with E-state index >= 15 is 0 Å². The van der Waals surface area contributed by atoms with E-state index in [0.29, 0.717) is 38.4 Å². The summed E-state index contributed by atoms with van der Waals surface area (Å²) in [5.74, 6) is 0.902. The molecule has 10 heteroatoms. The third-order valence-corrected chi connectivity index (χ3v) is 9.43. The van der Waals surface area contributed by atoms with Crippen LogP contribution in [0, 0.1) is 5.92 Å². The van der Waals surface area contributed by atoms with Crippen LogP contribution in [-0.4, -0.2) is 74.2 Å². The molecule has 2 aliphatic carbocycles. The number of alkyl halides is 4. The van der Waals surface area contributed by atoms with E-state index in [-0.39, 0.29) is 18.3 Å². The lowest BCUT2D eigenvalue weighted by molar-refractivity contribution is -0.149. The van der Waals surface area contributed by atoms with Gasteiger partial charge in [-0.1, -0.05) is 6.07 Å². The number of aromatic hydroxyl groups is 1. The lowest BCUT2D eigenvalue weighted by atomic mass is 9.52. The summed E-state index contributed by atoms with van der Waals surface area (Å²) in [6, 6.07) is 6.32. The largest absolute Gasteiger partial charge is 0.508 e. The predicted octanol–water partition coefficient (Wildman–Crippen LogP) is 4.27. The number of phenolic OH excluding ortho intramolecular Hbond substituents is 1. The number of nitrogens with zero attached hydrogens (tertiary/aromatic N) is 4. The van der Waals surface area contributed by atoms with Crippen LogP contribution in [0.3, 0.4) is 0 Å². The van der Waals surface area contributed by atoms with Crippen molar-refractivity contribution in [3.63, 3.8) is 0 Å². The Balaban J connectivity index is 1.27. The van der Waals surface area contributed by atoms with Crippen LogP contribution >= 0.6 is 0 Å². The first kappa shape index (κ1) is 25.1. The smallest absolute Gasteiger partial charge is 0.282 e. The highest BCUT2D eigenvalue weighted by Crippen LogP contribution is 2.56. The topological polar surface area (TPSA) is 64.8 Å². The van der Waals surface area contributed by atoms with Crippen LogP contribution in [0.2, 0.25) is 0 Å². The van der Waals surface area contributed by atoms with Crippen molar-refractivity contribution in [1.82, 2.24) is 19.6 Å². The van der Waals surface area contributed by atoms with Gasteiger partial charge in [0.05, 0.1) is 12.1 Å². The second-order valence-corrected chi connectivity index (χ2v) is 11.4. The van der Waals surface area contributed by atoms with E-state index in [1.807, 2.05) is 12.1 Å². The van der Waals surface area contributed by atoms with Crippen LogP contribution in [0.15, 0.2) is 24.3 Å². The van der Waals surface area contributed by atoms with Gasteiger partial charge in [0.1, 0.15) is 17.1 Å². The van der Waals surface area contributed by atoms with Gasteiger partial charge < -0.3 is 15.1 Å². The molecule has 1 saturated carbocycles. The third kappa shape index (κ3) is 4.25. The number of likely N-dealkylation sites (tertiary alicyclic amines) is 2. The second-order valence-electron chi connectivity index (χ2n) is 11.4. The van der Waals surface area contributed by atoms with Gasteiger partial charge in [-0.3, -0.25) is 9.58 Å². The molecular formula is C27H34F4N4O2. The molecule has 4 aliphatic rings. The van der Waals surface area contributed by atoms with Gasteiger partial charge in [-0.2, -0.15) is 5.10 Å². The minimum absolute atomic E-state index is 0.0102. The molecule has 1 aromatic carbocycles. The van der Waals surface area contributed by atoms with Gasteiger partial charge in [0, 0.05) is 31.1 Å². The highest BCUT2D eigenvalue weighted by Gasteiger charge is 2.63. The maximum Gasteiger partial charge on any atom is 0.282 e. The number of piperidine rings is 1. The van der Waals surface area contributed by atoms with Gasteiger partial charge in [-0.15, -0.1) is 0 Å². The Morgan fingerprint density at radius 1 is 0.973 bits per heavy atom. The number of fused-ring (bicyclic) bond motifs is 1. The molecule has 3 unspecified atom stereocenters. The summed E-state index contributed by atoms with van der Waals surface area (Å²) in [7, 11) is 0. The maximum absolute atomic E-state index is 13.5. The van der Waals surface area contributed by atoms with Crippen LogP contribution < -0.4 is 0 Å². The summed E-state index contributed by atoms with van der Waals surface area (Å²) in [4.78, 5) is 4.61. The fourth-order valence-electron chi connectivity index (χ4n) is 7.28. The molecule has 202 valence electrons. The van der Waals surface area contributed by atoms with Crippen molar-refractivity contribution < 1.29 is 27.8 Å². The van der Waals surface area contributed by atoms with E-state index in [9.17, 15) is 27.8 Å². The van der Waals surface area contributed by atoms with E-state index in [1.54, 1.807) is 6.07 Å². The Kier molecular flexibility index (Phi) is 6.27. The molecule has 2 saturated heterocycles. The molecular weight excluding hydrogens is 488 g/mol. The Bertz CT molecular complexity index is 1160. The van der Waals surface area contributed by atoms with Crippen molar-refractivity contribution in [2.24, 2.45) is 5.92 Å². The Hall–Kier alpha value is -2.17. The number of hydrogen-bond donors (Lipinski definition) is 2. The number of rotatable bonds is 7. The van der Waals surface area contributed by atoms with E-state index in [0.717, 1.165) is 42.2 Å². The van der Waals surface area contributed by atoms with Gasteiger partial charge in [0.25, 0.3) is 12.9 Å². The van der Waals surface area contributed by atoms with Gasteiger partial charge in [-0.05, 0) is 86.9 Å². The minimum Gasteiger partial charge on any atom is -0.508 e. The number of aromatic nitrogens is 2. The highest BCUT2D eigenvalue weighted by atomic mass is 19.3. The van der Waals surface area contributed by atoms with E-state index in [2.05, 4.69) is 14.9 Å². The molecule has 1 aromatic heterocycles. The standard InChI is InChI=1S/C27H34F4N4O2/c28-24(29)21-15-22(25(30)31)35(32-21)12-11-33-8-5-26-6-10-34(16-17-1-2-17)23(27(26,37)7-9-33)13-18-3-4-19(36)14-20(18)26/h3-4,14-15,17,23-25,36-37H,1-2,5-13,16H2. The van der Waals surface area contributed by atoms with Crippen molar-refractivity contribution in [2.75, 3.05) is 32.7 Å². The first-order valence-corrected chi connectivity index (χ1v) is 13.4. The molecule has 2 N–H and O–H groups in total. The van der Waals surface area contributed by atoms with E-state index in [4.69, 9.17) is 0 Å². The Labute approximate surface area is 213 Å². The monoisotopic (exact) mass is 522 g/mol. The molecule has 3 atom stereocenters. The summed E-state index contributed by atoms with van der Waals surface area (Å²) >= 11 is 0. The summed E-state index contributed by atoms with van der Waals surface area (Å²) in [6.45, 7) is 3.57. The second kappa shape index (κ2) is 9.24. The van der Waals surface area contributed by atoms with Crippen molar-refractivity contribution in [3.8, 4) is 5.75 Å². The molecule has 2 bridgehead atoms. The van der Waals surface area contributed by atoms with Gasteiger partial charge in [0.2, 0.25) is 0 Å². The number of hydrogen-bond acceptors (Lipinski definition) is 5. The number of phenols is 1. The quantitative estimate of drug-likeness (QED) is 0.532. The number of benzene rings is 1. The van der Waals surface area contributed by atoms with Crippen molar-refractivity contribution >= 4 is 0 Å². The van der Waals surface area contributed by atoms with Crippen molar-refractivity contribution in [2.45, 2.75) is 75.0 Å². The SMILES string of the molecule is Oc1ccc2c(c1)C13CCN(CCn4nc(C(F)F)cc4C(F)F)CCC1(O)C(C2)N(CC1CC1)CC3. The fourth-order valence-corrected chi connectivity index (χ4v) is 7.28. The predicted molar refractivity (Wildman–Crippen MR) is 129 cm³/mol. The summed E-state index contributed by atoms with van der Waals surface area (Å²) < 4.78 is 54.1. The lowest BCUT2D eigenvalue weighted by Crippen LogP contribution is -2.71. The summed E-state index contributed by atoms with van der Waals surface area (Å²) in [6.07, 6.45) is -0.562. The Morgan fingerprint density at radius 2 is 1.73 bits per heavy atom. The zero-order valence-corrected chi connectivity index (χ0v) is 20.8. The van der Waals surface area contributed by atoms with Crippen LogP contribution in [0.1, 0.15) is 67.5 Å². The maximum atomic E-state index is 13.5. The van der Waals surface area contributed by atoms with Crippen LogP contribution in [0.25, 0.3) is 0 Å². The molecule has 0 radical (unpaired) electrons. The van der Waals surface area contributed by atoms with Crippen molar-refractivity contribution in [3.05, 3.63) is 46.8 Å². The van der Waals surface area contributed by atoms with E-state index in [1.165, 1.54) is 18.4 Å². The van der Waals surface area contributed by atoms with Gasteiger partial charge in [0.15, 0.2) is 0 Å². The first-order valence-electron chi connectivity index (χ1n) is 13.4. The number of aliphatic hydroxyl groups is 1. The van der Waals surface area contributed by atoms with Crippen LogP contribution in [-0.2, 0) is 18.4 Å². The minimum atomic E-state index is -2.90. The zero-order valence-electron chi connectivity index (χ0n) is 20.8. The molecule has 6 rings (SSSR count). The molecule has 6 nitrogen and oxygen atoms in total. The molecule has 37 heavy (non-hydrogen) atoms. The van der Waals surface area contributed by atoms with Crippen LogP contribution in [0.5, 0.6) is 5.75 Å². The number of halogens is 4. The lowest BCUT2D eigenvalue weighted by Gasteiger charge is -2.61. The van der Waals surface area contributed by atoms with Gasteiger partial charge in [-0.25, -0.2) is 17.6 Å². The first-order chi connectivity index (χ1) is 17.7. The summed E-state index contributed by atoms with van der Waals surface area (Å²) in [5.41, 5.74) is -0.384. The normalized spacial score (nSPS) is 30.4. The molecule has 3 fully saturated rings. The zero-order chi connectivity index (χ0) is 25.9. The van der Waals surface area contributed by atoms with Gasteiger partial charge >= 0.3 is 0 Å². The Morgan fingerprint density at radius 3 is 2.46 bits per heavy atom. The van der Waals surface area contributed by atoms with E-state index < -0.39 is 35.3 Å². The molecule has 0 spiro atoms. The average molecular weight is 523 g/mol. The van der Waals surface area contributed by atoms with Crippen molar-refractivity contribution in [1.29, 1.82) is 0 Å². The molecule has 2 aromatic rings. The molecule has 0 amide bonds. The fraction of sp³-hybridized carbons (Fsp3) is 0.667.